The third kappa shape index (κ3) is 2.99. The molecular weight excluding hydrogens is 282 g/mol. The zero-order valence-electron chi connectivity index (χ0n) is 13.0. The molecule has 0 saturated heterocycles. The predicted octanol–water partition coefficient (Wildman–Crippen LogP) is 1.47. The second-order valence-electron chi connectivity index (χ2n) is 5.60. The largest absolute Gasteiger partial charge is 0.360 e. The van der Waals surface area contributed by atoms with Crippen molar-refractivity contribution in [3.63, 3.8) is 0 Å². The van der Waals surface area contributed by atoms with E-state index in [9.17, 15) is 4.79 Å². The van der Waals surface area contributed by atoms with Crippen LogP contribution in [0.3, 0.4) is 0 Å². The summed E-state index contributed by atoms with van der Waals surface area (Å²) in [5.41, 5.74) is 2.18. The van der Waals surface area contributed by atoms with Crippen molar-refractivity contribution in [2.75, 3.05) is 11.9 Å². The fraction of sp³-hybridized carbons (Fsp3) is 0.467. The summed E-state index contributed by atoms with van der Waals surface area (Å²) in [6.45, 7) is 7.02. The van der Waals surface area contributed by atoms with Gasteiger partial charge < -0.3 is 9.84 Å². The number of aryl methyl sites for hydroxylation is 2. The molecule has 0 aromatic carbocycles. The van der Waals surface area contributed by atoms with Gasteiger partial charge in [0.05, 0.1) is 11.7 Å². The van der Waals surface area contributed by atoms with Crippen molar-refractivity contribution in [3.8, 4) is 0 Å². The van der Waals surface area contributed by atoms with Gasteiger partial charge in [-0.25, -0.2) is 9.97 Å². The number of carbonyl (C=O) groups is 1. The predicted molar refractivity (Wildman–Crippen MR) is 80.2 cm³/mol. The van der Waals surface area contributed by atoms with Crippen LogP contribution in [0.1, 0.15) is 29.8 Å². The molecule has 7 heteroatoms. The zero-order valence-corrected chi connectivity index (χ0v) is 13.0. The molecule has 1 amide bonds. The van der Waals surface area contributed by atoms with E-state index < -0.39 is 0 Å². The number of amides is 1. The lowest BCUT2D eigenvalue weighted by atomic mass is 10.0. The third-order valence-corrected chi connectivity index (χ3v) is 3.90. The Labute approximate surface area is 128 Å². The summed E-state index contributed by atoms with van der Waals surface area (Å²) >= 11 is 0. The molecule has 1 aliphatic heterocycles. The highest BCUT2D eigenvalue weighted by Gasteiger charge is 2.26. The molecule has 0 fully saturated rings. The van der Waals surface area contributed by atoms with Gasteiger partial charge in [0.1, 0.15) is 11.6 Å². The topological polar surface area (TPSA) is 84.2 Å². The number of anilines is 1. The van der Waals surface area contributed by atoms with Gasteiger partial charge in [0, 0.05) is 25.4 Å². The summed E-state index contributed by atoms with van der Waals surface area (Å²) in [7, 11) is 0. The van der Waals surface area contributed by atoms with Gasteiger partial charge in [0.15, 0.2) is 5.82 Å². The Balaban J connectivity index is 1.68. The van der Waals surface area contributed by atoms with E-state index in [0.717, 1.165) is 24.5 Å². The average molecular weight is 301 g/mol. The first-order valence-electron chi connectivity index (χ1n) is 7.32. The minimum atomic E-state index is -0.263. The van der Waals surface area contributed by atoms with E-state index in [2.05, 4.69) is 25.3 Å². The molecular formula is C15H19N5O2. The molecule has 116 valence electrons. The summed E-state index contributed by atoms with van der Waals surface area (Å²) in [5.74, 6) is 1.78. The van der Waals surface area contributed by atoms with E-state index in [-0.39, 0.29) is 11.9 Å². The van der Waals surface area contributed by atoms with Crippen LogP contribution in [-0.2, 0) is 17.8 Å². The Hall–Kier alpha value is -2.28. The number of hydrogen-bond donors (Lipinski definition) is 1. The molecule has 0 radical (unpaired) electrons. The molecule has 3 rings (SSSR count). The van der Waals surface area contributed by atoms with Crippen LogP contribution < -0.4 is 5.32 Å². The minimum absolute atomic E-state index is 0.0949. The maximum Gasteiger partial charge on any atom is 0.242 e. The number of fused-ring (bicyclic) bond motifs is 1. The number of nitrogens with one attached hydrogen (secondary N) is 1. The minimum Gasteiger partial charge on any atom is -0.360 e. The van der Waals surface area contributed by atoms with Crippen LogP contribution in [0.15, 0.2) is 16.8 Å². The summed E-state index contributed by atoms with van der Waals surface area (Å²) < 4.78 is 4.95. The van der Waals surface area contributed by atoms with Crippen molar-refractivity contribution in [1.82, 2.24) is 20.0 Å². The third-order valence-electron chi connectivity index (χ3n) is 3.90. The smallest absolute Gasteiger partial charge is 0.242 e. The normalized spacial score (nSPS) is 16.1. The molecule has 0 unspecified atom stereocenters. The number of rotatable bonds is 3. The van der Waals surface area contributed by atoms with Crippen molar-refractivity contribution in [3.05, 3.63) is 35.1 Å². The summed E-state index contributed by atoms with van der Waals surface area (Å²) in [5, 5.41) is 6.56. The van der Waals surface area contributed by atoms with Gasteiger partial charge in [-0.15, -0.1) is 0 Å². The van der Waals surface area contributed by atoms with Crippen LogP contribution in [0, 0.1) is 13.8 Å². The van der Waals surface area contributed by atoms with E-state index in [0.29, 0.717) is 18.1 Å². The van der Waals surface area contributed by atoms with E-state index in [4.69, 9.17) is 4.52 Å². The second-order valence-corrected chi connectivity index (χ2v) is 5.60. The van der Waals surface area contributed by atoms with Gasteiger partial charge in [-0.2, -0.15) is 0 Å². The maximum absolute atomic E-state index is 12.3. The number of carbonyl (C=O) groups excluding carboxylic acids is 1. The van der Waals surface area contributed by atoms with Crippen LogP contribution in [0.4, 0.5) is 5.82 Å². The van der Waals surface area contributed by atoms with E-state index in [1.165, 1.54) is 5.56 Å². The second kappa shape index (κ2) is 5.84. The lowest BCUT2D eigenvalue weighted by molar-refractivity contribution is -0.121. The molecule has 2 aromatic heterocycles. The molecule has 3 heterocycles. The first kappa shape index (κ1) is 14.6. The highest BCUT2D eigenvalue weighted by atomic mass is 16.5. The van der Waals surface area contributed by atoms with Crippen molar-refractivity contribution in [1.29, 1.82) is 0 Å². The van der Waals surface area contributed by atoms with Crippen molar-refractivity contribution < 1.29 is 9.32 Å². The number of nitrogens with zero attached hydrogens (tertiary/aromatic N) is 4. The standard InChI is InChI=1S/C15H19N5O2/c1-9-6-14(19-22-9)18-15(21)10(2)20-5-4-12-7-16-11(3)17-13(12)8-20/h6-7,10H,4-5,8H2,1-3H3,(H,18,19,21)/t10-/m0/s1. The lowest BCUT2D eigenvalue weighted by Crippen LogP contribution is -2.44. The fourth-order valence-corrected chi connectivity index (χ4v) is 2.58. The first-order chi connectivity index (χ1) is 10.5. The highest BCUT2D eigenvalue weighted by molar-refractivity contribution is 5.93. The molecule has 7 nitrogen and oxygen atoms in total. The first-order valence-corrected chi connectivity index (χ1v) is 7.32. The molecule has 1 N–H and O–H groups in total. The van der Waals surface area contributed by atoms with E-state index >= 15 is 0 Å². The van der Waals surface area contributed by atoms with Crippen LogP contribution >= 0.6 is 0 Å². The van der Waals surface area contributed by atoms with Gasteiger partial charge in [-0.1, -0.05) is 5.16 Å². The van der Waals surface area contributed by atoms with Crippen LogP contribution in [0.25, 0.3) is 0 Å². The molecule has 22 heavy (non-hydrogen) atoms. The maximum atomic E-state index is 12.3. The Morgan fingerprint density at radius 3 is 3.00 bits per heavy atom. The Morgan fingerprint density at radius 1 is 1.45 bits per heavy atom. The monoisotopic (exact) mass is 301 g/mol. The number of aromatic nitrogens is 3. The van der Waals surface area contributed by atoms with Crippen LogP contribution in [0.5, 0.6) is 0 Å². The molecule has 0 bridgehead atoms. The average Bonchev–Trinajstić information content (AvgIpc) is 2.90. The molecule has 0 aliphatic carbocycles. The molecule has 2 aromatic rings. The Kier molecular flexibility index (Phi) is 3.89. The Bertz CT molecular complexity index is 697. The van der Waals surface area contributed by atoms with E-state index in [1.807, 2.05) is 20.0 Å². The summed E-state index contributed by atoms with van der Waals surface area (Å²) in [6, 6.07) is 1.44. The molecule has 0 spiro atoms. The Morgan fingerprint density at radius 2 is 2.27 bits per heavy atom. The lowest BCUT2D eigenvalue weighted by Gasteiger charge is -2.31. The van der Waals surface area contributed by atoms with Crippen molar-refractivity contribution in [2.45, 2.75) is 39.8 Å². The van der Waals surface area contributed by atoms with Crippen molar-refractivity contribution in [2.24, 2.45) is 0 Å². The van der Waals surface area contributed by atoms with E-state index in [1.54, 1.807) is 13.0 Å². The van der Waals surface area contributed by atoms with Crippen LogP contribution in [-0.4, -0.2) is 38.5 Å². The quantitative estimate of drug-likeness (QED) is 0.924. The van der Waals surface area contributed by atoms with Gasteiger partial charge in [-0.05, 0) is 32.8 Å². The summed E-state index contributed by atoms with van der Waals surface area (Å²) in [6.07, 6.45) is 2.74. The molecule has 0 saturated carbocycles. The molecule has 1 aliphatic rings. The van der Waals surface area contributed by atoms with Gasteiger partial charge in [-0.3, -0.25) is 9.69 Å². The summed E-state index contributed by atoms with van der Waals surface area (Å²) in [4.78, 5) is 23.2. The molecule has 1 atom stereocenters. The van der Waals surface area contributed by atoms with Gasteiger partial charge >= 0.3 is 0 Å². The van der Waals surface area contributed by atoms with Crippen LogP contribution in [0.2, 0.25) is 0 Å². The number of hydrogen-bond acceptors (Lipinski definition) is 6. The fourth-order valence-electron chi connectivity index (χ4n) is 2.58. The highest BCUT2D eigenvalue weighted by Crippen LogP contribution is 2.19. The van der Waals surface area contributed by atoms with Crippen molar-refractivity contribution >= 4 is 11.7 Å². The van der Waals surface area contributed by atoms with Gasteiger partial charge in [0.2, 0.25) is 5.91 Å². The van der Waals surface area contributed by atoms with Gasteiger partial charge in [0.25, 0.3) is 0 Å². The SMILES string of the molecule is Cc1ncc2c(n1)CN([C@@H](C)C(=O)Nc1cc(C)on1)CC2. The zero-order chi connectivity index (χ0) is 15.7.